The molecule has 2 heterocycles. The van der Waals surface area contributed by atoms with Crippen molar-refractivity contribution in [2.75, 3.05) is 41.0 Å². The van der Waals surface area contributed by atoms with Crippen LogP contribution in [0.2, 0.25) is 0 Å². The van der Waals surface area contributed by atoms with Crippen LogP contribution in [0.4, 0.5) is 0 Å². The van der Waals surface area contributed by atoms with Gasteiger partial charge in [-0.3, -0.25) is 0 Å². The number of likely N-dealkylation sites (tertiary alicyclic amines) is 1. The third kappa shape index (κ3) is 6.35. The molecule has 3 aromatic rings. The molecule has 0 radical (unpaired) electrons. The summed E-state index contributed by atoms with van der Waals surface area (Å²) in [5, 5.41) is 0.879. The number of benzene rings is 2. The standard InChI is InChI=1S/C32H43NO5/c1-6-7-8-11-24-19-29(34)38-32-30(24)27(36-4)20-28(37-5)31(32)26(23-12-14-25(35-3)15-13-23)16-18-33-17-9-10-22(2)21-33/h12-15,19-20,22,26H,6-11,16-18,21H2,1-5H3/t22-,26+/m0/s1. The van der Waals surface area contributed by atoms with Crippen LogP contribution in [0.5, 0.6) is 17.2 Å². The molecule has 6 heteroatoms. The lowest BCUT2D eigenvalue weighted by atomic mass is 9.85. The van der Waals surface area contributed by atoms with E-state index in [-0.39, 0.29) is 11.5 Å². The van der Waals surface area contributed by atoms with Crippen molar-refractivity contribution < 1.29 is 18.6 Å². The predicted octanol–water partition coefficient (Wildman–Crippen LogP) is 6.81. The van der Waals surface area contributed by atoms with E-state index in [1.54, 1.807) is 27.4 Å². The predicted molar refractivity (Wildman–Crippen MR) is 153 cm³/mol. The number of piperidine rings is 1. The molecular formula is C32H43NO5. The second kappa shape index (κ2) is 13.2. The molecule has 2 aromatic carbocycles. The van der Waals surface area contributed by atoms with Gasteiger partial charge in [0.2, 0.25) is 0 Å². The molecule has 0 aliphatic carbocycles. The fourth-order valence-electron chi connectivity index (χ4n) is 5.92. The molecule has 1 fully saturated rings. The van der Waals surface area contributed by atoms with Gasteiger partial charge in [0.05, 0.1) is 26.7 Å². The number of aryl methyl sites for hydroxylation is 1. The molecule has 0 N–H and O–H groups in total. The third-order valence-corrected chi connectivity index (χ3v) is 7.89. The quantitative estimate of drug-likeness (QED) is 0.193. The highest BCUT2D eigenvalue weighted by molar-refractivity contribution is 5.92. The van der Waals surface area contributed by atoms with Crippen molar-refractivity contribution in [2.24, 2.45) is 5.92 Å². The molecule has 0 bridgehead atoms. The molecule has 1 aliphatic heterocycles. The molecule has 6 nitrogen and oxygen atoms in total. The van der Waals surface area contributed by atoms with Gasteiger partial charge >= 0.3 is 5.63 Å². The van der Waals surface area contributed by atoms with Gasteiger partial charge in [0, 0.05) is 30.2 Å². The van der Waals surface area contributed by atoms with E-state index >= 15 is 0 Å². The van der Waals surface area contributed by atoms with Crippen LogP contribution in [0.3, 0.4) is 0 Å². The number of rotatable bonds is 12. The molecule has 0 amide bonds. The van der Waals surface area contributed by atoms with E-state index in [4.69, 9.17) is 18.6 Å². The first-order chi connectivity index (χ1) is 18.5. The molecule has 38 heavy (non-hydrogen) atoms. The van der Waals surface area contributed by atoms with Gasteiger partial charge < -0.3 is 23.5 Å². The average molecular weight is 522 g/mol. The number of unbranched alkanes of at least 4 members (excludes halogenated alkanes) is 2. The minimum Gasteiger partial charge on any atom is -0.497 e. The normalized spacial score (nSPS) is 16.9. The maximum atomic E-state index is 12.9. The molecule has 1 saturated heterocycles. The number of hydrogen-bond donors (Lipinski definition) is 0. The summed E-state index contributed by atoms with van der Waals surface area (Å²) in [5.74, 6) is 2.85. The molecule has 206 valence electrons. The van der Waals surface area contributed by atoms with Gasteiger partial charge in [-0.05, 0) is 74.4 Å². The first-order valence-electron chi connectivity index (χ1n) is 14.1. The topological polar surface area (TPSA) is 61.1 Å². The molecule has 1 aliphatic rings. The van der Waals surface area contributed by atoms with Gasteiger partial charge in [0.15, 0.2) is 0 Å². The number of methoxy groups -OCH3 is 3. The van der Waals surface area contributed by atoms with E-state index in [9.17, 15) is 4.79 Å². The minimum atomic E-state index is -0.334. The summed E-state index contributed by atoms with van der Waals surface area (Å²) in [6.07, 6.45) is 7.44. The van der Waals surface area contributed by atoms with Crippen molar-refractivity contribution in [3.63, 3.8) is 0 Å². The van der Waals surface area contributed by atoms with E-state index in [0.29, 0.717) is 23.0 Å². The van der Waals surface area contributed by atoms with E-state index in [1.807, 2.05) is 18.2 Å². The smallest absolute Gasteiger partial charge is 0.336 e. The molecule has 1 aromatic heterocycles. The Hall–Kier alpha value is -2.99. The molecule has 0 spiro atoms. The SMILES string of the molecule is CCCCCc1cc(=O)oc2c([C@H](CCN3CCC[C@H](C)C3)c3ccc(OC)cc3)c(OC)cc(OC)c12. The Kier molecular flexibility index (Phi) is 9.73. The molecule has 0 unspecified atom stereocenters. The van der Waals surface area contributed by atoms with Gasteiger partial charge in [-0.15, -0.1) is 0 Å². The van der Waals surface area contributed by atoms with Crippen molar-refractivity contribution in [1.82, 2.24) is 4.90 Å². The minimum absolute atomic E-state index is 0.0319. The summed E-state index contributed by atoms with van der Waals surface area (Å²) in [5.41, 5.74) is 3.27. The van der Waals surface area contributed by atoms with Gasteiger partial charge in [0.1, 0.15) is 22.8 Å². The van der Waals surface area contributed by atoms with Crippen LogP contribution in [0.15, 0.2) is 45.6 Å². The van der Waals surface area contributed by atoms with Gasteiger partial charge in [-0.25, -0.2) is 4.79 Å². The Morgan fingerprint density at radius 1 is 1.03 bits per heavy atom. The zero-order valence-corrected chi connectivity index (χ0v) is 23.7. The second-order valence-corrected chi connectivity index (χ2v) is 10.6. The van der Waals surface area contributed by atoms with E-state index in [1.165, 1.54) is 12.8 Å². The van der Waals surface area contributed by atoms with Crippen molar-refractivity contribution in [3.05, 3.63) is 63.5 Å². The zero-order valence-electron chi connectivity index (χ0n) is 23.7. The Morgan fingerprint density at radius 3 is 2.45 bits per heavy atom. The molecule has 4 rings (SSSR count). The van der Waals surface area contributed by atoms with Gasteiger partial charge in [-0.2, -0.15) is 0 Å². The third-order valence-electron chi connectivity index (χ3n) is 7.89. The maximum Gasteiger partial charge on any atom is 0.336 e. The number of nitrogens with zero attached hydrogens (tertiary/aromatic N) is 1. The summed E-state index contributed by atoms with van der Waals surface area (Å²) in [7, 11) is 5.01. The van der Waals surface area contributed by atoms with Gasteiger partial charge in [0.25, 0.3) is 0 Å². The lowest BCUT2D eigenvalue weighted by molar-refractivity contribution is 0.180. The lowest BCUT2D eigenvalue weighted by Gasteiger charge is -2.32. The van der Waals surface area contributed by atoms with Crippen LogP contribution in [-0.4, -0.2) is 45.9 Å². The van der Waals surface area contributed by atoms with Crippen LogP contribution in [0.1, 0.15) is 75.0 Å². The molecule has 2 atom stereocenters. The summed E-state index contributed by atoms with van der Waals surface area (Å²) in [6.45, 7) is 7.72. The average Bonchev–Trinajstić information content (AvgIpc) is 2.93. The first-order valence-corrected chi connectivity index (χ1v) is 14.1. The summed E-state index contributed by atoms with van der Waals surface area (Å²) >= 11 is 0. The maximum absolute atomic E-state index is 12.9. The summed E-state index contributed by atoms with van der Waals surface area (Å²) < 4.78 is 23.2. The van der Waals surface area contributed by atoms with Crippen molar-refractivity contribution in [1.29, 1.82) is 0 Å². The Bertz CT molecular complexity index is 1250. The fraction of sp³-hybridized carbons (Fsp3) is 0.531. The van der Waals surface area contributed by atoms with E-state index in [0.717, 1.165) is 79.6 Å². The molecule has 0 saturated carbocycles. The molecular weight excluding hydrogens is 478 g/mol. The van der Waals surface area contributed by atoms with Crippen LogP contribution in [-0.2, 0) is 6.42 Å². The van der Waals surface area contributed by atoms with Crippen molar-refractivity contribution >= 4 is 11.0 Å². The fourth-order valence-corrected chi connectivity index (χ4v) is 5.92. The second-order valence-electron chi connectivity index (χ2n) is 10.6. The lowest BCUT2D eigenvalue weighted by Crippen LogP contribution is -2.35. The van der Waals surface area contributed by atoms with Crippen LogP contribution in [0.25, 0.3) is 11.0 Å². The zero-order chi connectivity index (χ0) is 27.1. The van der Waals surface area contributed by atoms with Gasteiger partial charge in [-0.1, -0.05) is 38.8 Å². The van der Waals surface area contributed by atoms with E-state index in [2.05, 4.69) is 30.9 Å². The van der Waals surface area contributed by atoms with E-state index < -0.39 is 0 Å². The van der Waals surface area contributed by atoms with Crippen molar-refractivity contribution in [2.45, 2.75) is 64.7 Å². The Balaban J connectivity index is 1.87. The first kappa shape index (κ1) is 28.0. The Labute approximate surface area is 226 Å². The summed E-state index contributed by atoms with van der Waals surface area (Å²) in [6, 6.07) is 11.8. The number of fused-ring (bicyclic) bond motifs is 1. The number of ether oxygens (including phenoxy) is 3. The highest BCUT2D eigenvalue weighted by Gasteiger charge is 2.28. The van der Waals surface area contributed by atoms with Crippen LogP contribution < -0.4 is 19.8 Å². The highest BCUT2D eigenvalue weighted by atomic mass is 16.5. The largest absolute Gasteiger partial charge is 0.497 e. The monoisotopic (exact) mass is 521 g/mol. The van der Waals surface area contributed by atoms with Crippen LogP contribution >= 0.6 is 0 Å². The number of hydrogen-bond acceptors (Lipinski definition) is 6. The van der Waals surface area contributed by atoms with Crippen LogP contribution in [0, 0.1) is 5.92 Å². The summed E-state index contributed by atoms with van der Waals surface area (Å²) in [4.78, 5) is 15.5. The Morgan fingerprint density at radius 2 is 1.79 bits per heavy atom. The van der Waals surface area contributed by atoms with Crippen molar-refractivity contribution in [3.8, 4) is 17.2 Å². The highest BCUT2D eigenvalue weighted by Crippen LogP contribution is 2.44.